The van der Waals surface area contributed by atoms with Gasteiger partial charge >= 0.3 is 0 Å². The van der Waals surface area contributed by atoms with Crippen LogP contribution in [0, 0.1) is 24.2 Å². The summed E-state index contributed by atoms with van der Waals surface area (Å²) in [6.45, 7) is 2.78. The van der Waals surface area contributed by atoms with E-state index in [0.717, 1.165) is 43.3 Å². The maximum Gasteiger partial charge on any atom is 0.226 e. The summed E-state index contributed by atoms with van der Waals surface area (Å²) in [7, 11) is 1.71. The Labute approximate surface area is 159 Å². The Bertz CT molecular complexity index is 672. The Hall–Kier alpha value is -1.03. The SMILES string of the molecule is COc1ccc(C)cc1CCNC(=O)C12CC3CC(CC(Br)(C3)C1)C2. The van der Waals surface area contributed by atoms with Crippen LogP contribution < -0.4 is 10.1 Å². The number of benzene rings is 1. The molecular formula is C21H28BrNO2. The number of alkyl halides is 1. The average Bonchev–Trinajstić information content (AvgIpc) is 2.52. The number of hydrogen-bond acceptors (Lipinski definition) is 2. The molecule has 25 heavy (non-hydrogen) atoms. The molecule has 3 nitrogen and oxygen atoms in total. The molecule has 2 atom stereocenters. The van der Waals surface area contributed by atoms with E-state index in [1.165, 1.54) is 30.4 Å². The third-order valence-electron chi connectivity index (χ3n) is 6.59. The van der Waals surface area contributed by atoms with Crippen molar-refractivity contribution in [1.29, 1.82) is 0 Å². The molecule has 4 saturated carbocycles. The van der Waals surface area contributed by atoms with E-state index in [4.69, 9.17) is 4.74 Å². The second-order valence-corrected chi connectivity index (χ2v) is 10.4. The lowest BCUT2D eigenvalue weighted by atomic mass is 9.49. The molecule has 0 spiro atoms. The zero-order valence-corrected chi connectivity index (χ0v) is 16.8. The zero-order chi connectivity index (χ0) is 17.7. The summed E-state index contributed by atoms with van der Waals surface area (Å²) < 4.78 is 5.68. The summed E-state index contributed by atoms with van der Waals surface area (Å²) in [5.41, 5.74) is 2.28. The highest BCUT2D eigenvalue weighted by molar-refractivity contribution is 9.10. The quantitative estimate of drug-likeness (QED) is 0.737. The van der Waals surface area contributed by atoms with E-state index in [1.807, 2.05) is 6.07 Å². The van der Waals surface area contributed by atoms with Crippen LogP contribution >= 0.6 is 15.9 Å². The van der Waals surface area contributed by atoms with Crippen LogP contribution in [0.1, 0.15) is 49.7 Å². The van der Waals surface area contributed by atoms with Crippen LogP contribution in [-0.2, 0) is 11.2 Å². The zero-order valence-electron chi connectivity index (χ0n) is 15.2. The predicted molar refractivity (Wildman–Crippen MR) is 103 cm³/mol. The van der Waals surface area contributed by atoms with Gasteiger partial charge in [-0.15, -0.1) is 0 Å². The number of hydrogen-bond donors (Lipinski definition) is 1. The fourth-order valence-electron chi connectivity index (χ4n) is 6.02. The van der Waals surface area contributed by atoms with Crippen molar-refractivity contribution in [3.05, 3.63) is 29.3 Å². The van der Waals surface area contributed by atoms with Crippen molar-refractivity contribution in [3.8, 4) is 5.75 Å². The van der Waals surface area contributed by atoms with Gasteiger partial charge in [0, 0.05) is 10.9 Å². The first-order chi connectivity index (χ1) is 11.9. The van der Waals surface area contributed by atoms with Crippen LogP contribution in [-0.4, -0.2) is 23.9 Å². The largest absolute Gasteiger partial charge is 0.496 e. The van der Waals surface area contributed by atoms with Crippen LogP contribution in [0.3, 0.4) is 0 Å². The summed E-state index contributed by atoms with van der Waals surface area (Å²) >= 11 is 4.00. The number of carbonyl (C=O) groups is 1. The molecule has 5 rings (SSSR count). The summed E-state index contributed by atoms with van der Waals surface area (Å²) in [6.07, 6.45) is 7.89. The van der Waals surface area contributed by atoms with Crippen LogP contribution in [0.5, 0.6) is 5.75 Å². The Kier molecular flexibility index (Phi) is 4.38. The van der Waals surface area contributed by atoms with Gasteiger partial charge < -0.3 is 10.1 Å². The van der Waals surface area contributed by atoms with E-state index in [1.54, 1.807) is 7.11 Å². The smallest absolute Gasteiger partial charge is 0.226 e. The molecule has 4 bridgehead atoms. The molecule has 0 aliphatic heterocycles. The highest BCUT2D eigenvalue weighted by Gasteiger charge is 2.59. The normalized spacial score (nSPS) is 35.6. The summed E-state index contributed by atoms with van der Waals surface area (Å²) in [5.74, 6) is 2.68. The van der Waals surface area contributed by atoms with E-state index in [0.29, 0.717) is 6.54 Å². The molecule has 0 saturated heterocycles. The van der Waals surface area contributed by atoms with Crippen molar-refractivity contribution < 1.29 is 9.53 Å². The van der Waals surface area contributed by atoms with E-state index >= 15 is 0 Å². The number of ether oxygens (including phenoxy) is 1. The molecule has 1 amide bonds. The molecule has 2 unspecified atom stereocenters. The second kappa shape index (κ2) is 6.29. The molecule has 4 heteroatoms. The van der Waals surface area contributed by atoms with Gasteiger partial charge in [0.15, 0.2) is 0 Å². The van der Waals surface area contributed by atoms with Gasteiger partial charge in [0.1, 0.15) is 5.75 Å². The number of halogens is 1. The molecule has 1 N–H and O–H groups in total. The first-order valence-electron chi connectivity index (χ1n) is 9.52. The number of aryl methyl sites for hydroxylation is 1. The summed E-state index contributed by atoms with van der Waals surface area (Å²) in [4.78, 5) is 13.1. The minimum Gasteiger partial charge on any atom is -0.496 e. The minimum absolute atomic E-state index is 0.121. The topological polar surface area (TPSA) is 38.3 Å². The first-order valence-corrected chi connectivity index (χ1v) is 10.3. The van der Waals surface area contributed by atoms with Gasteiger partial charge in [-0.05, 0) is 75.3 Å². The minimum atomic E-state index is -0.121. The van der Waals surface area contributed by atoms with E-state index in [-0.39, 0.29) is 15.6 Å². The van der Waals surface area contributed by atoms with Crippen LogP contribution in [0.15, 0.2) is 18.2 Å². The van der Waals surface area contributed by atoms with Crippen LogP contribution in [0.4, 0.5) is 0 Å². The maximum atomic E-state index is 13.1. The van der Waals surface area contributed by atoms with E-state index < -0.39 is 0 Å². The van der Waals surface area contributed by atoms with E-state index in [9.17, 15) is 4.79 Å². The standard InChI is InChI=1S/C21H28BrNO2/c1-14-3-4-18(25-2)17(7-14)5-6-23-19(24)20-9-15-8-16(10-20)12-21(22,11-15)13-20/h3-4,7,15-16H,5-6,8-13H2,1-2H3,(H,23,24). The number of rotatable bonds is 5. The third kappa shape index (κ3) is 3.22. The molecule has 4 aliphatic carbocycles. The number of amides is 1. The lowest BCUT2D eigenvalue weighted by Gasteiger charge is -2.59. The second-order valence-electron chi connectivity index (χ2n) is 8.71. The van der Waals surface area contributed by atoms with Gasteiger partial charge in [0.2, 0.25) is 5.91 Å². The fourth-order valence-corrected chi connectivity index (χ4v) is 7.47. The fraction of sp³-hybridized carbons (Fsp3) is 0.667. The summed E-state index contributed by atoms with van der Waals surface area (Å²) in [6, 6.07) is 6.23. The molecule has 4 fully saturated rings. The lowest BCUT2D eigenvalue weighted by Crippen LogP contribution is -2.58. The van der Waals surface area contributed by atoms with Gasteiger partial charge in [-0.1, -0.05) is 33.6 Å². The number of methoxy groups -OCH3 is 1. The predicted octanol–water partition coefficient (Wildman–Crippen LogP) is 4.40. The molecule has 0 aromatic heterocycles. The van der Waals surface area contributed by atoms with Crippen molar-refractivity contribution in [2.45, 2.75) is 56.2 Å². The van der Waals surface area contributed by atoms with Gasteiger partial charge in [0.05, 0.1) is 12.5 Å². The third-order valence-corrected chi connectivity index (χ3v) is 7.52. The average molecular weight is 406 g/mol. The van der Waals surface area contributed by atoms with E-state index in [2.05, 4.69) is 40.3 Å². The van der Waals surface area contributed by atoms with Crippen molar-refractivity contribution >= 4 is 21.8 Å². The number of nitrogens with one attached hydrogen (secondary N) is 1. The molecule has 4 aliphatic rings. The molecule has 0 radical (unpaired) electrons. The number of carbonyl (C=O) groups excluding carboxylic acids is 1. The van der Waals surface area contributed by atoms with Crippen molar-refractivity contribution in [1.82, 2.24) is 5.32 Å². The maximum absolute atomic E-state index is 13.1. The molecule has 1 aromatic rings. The molecular weight excluding hydrogens is 378 g/mol. The Morgan fingerprint density at radius 2 is 2.00 bits per heavy atom. The van der Waals surface area contributed by atoms with Crippen molar-refractivity contribution in [2.75, 3.05) is 13.7 Å². The van der Waals surface area contributed by atoms with Crippen molar-refractivity contribution in [2.24, 2.45) is 17.3 Å². The highest BCUT2D eigenvalue weighted by Crippen LogP contribution is 2.64. The summed E-state index contributed by atoms with van der Waals surface area (Å²) in [5, 5.41) is 3.26. The van der Waals surface area contributed by atoms with Crippen LogP contribution in [0.2, 0.25) is 0 Å². The molecule has 0 heterocycles. The monoisotopic (exact) mass is 405 g/mol. The molecule has 1 aromatic carbocycles. The first kappa shape index (κ1) is 17.4. The Morgan fingerprint density at radius 1 is 1.28 bits per heavy atom. The van der Waals surface area contributed by atoms with Crippen LogP contribution in [0.25, 0.3) is 0 Å². The Morgan fingerprint density at radius 3 is 2.64 bits per heavy atom. The Balaban J connectivity index is 1.41. The van der Waals surface area contributed by atoms with Gasteiger partial charge in [-0.2, -0.15) is 0 Å². The highest BCUT2D eigenvalue weighted by atomic mass is 79.9. The van der Waals surface area contributed by atoms with Crippen molar-refractivity contribution in [3.63, 3.8) is 0 Å². The van der Waals surface area contributed by atoms with Gasteiger partial charge in [0.25, 0.3) is 0 Å². The van der Waals surface area contributed by atoms with Gasteiger partial charge in [-0.3, -0.25) is 4.79 Å². The molecule has 136 valence electrons. The van der Waals surface area contributed by atoms with Gasteiger partial charge in [-0.25, -0.2) is 0 Å². The lowest BCUT2D eigenvalue weighted by molar-refractivity contribution is -0.144.